The number of hydrogen-bond acceptors (Lipinski definition) is 5. The van der Waals surface area contributed by atoms with Crippen molar-refractivity contribution >= 4 is 24.7 Å². The first kappa shape index (κ1) is 26.4. The molecule has 2 aromatic rings. The largest absolute Gasteiger partial charge is 0.460 e. The molecule has 1 aliphatic heterocycles. The lowest BCUT2D eigenvalue weighted by Crippen LogP contribution is -2.65. The second-order valence-electron chi connectivity index (χ2n) is 10.2. The molecule has 0 unspecified atom stereocenters. The summed E-state index contributed by atoms with van der Waals surface area (Å²) in [7, 11) is -3.16. The highest BCUT2D eigenvalue weighted by molar-refractivity contribution is 6.98. The van der Waals surface area contributed by atoms with Crippen molar-refractivity contribution in [2.75, 3.05) is 0 Å². The Kier molecular flexibility index (Phi) is 8.19. The zero-order chi connectivity index (χ0) is 25.0. The number of carbonyl (C=O) groups excluding carboxylic acids is 1. The van der Waals surface area contributed by atoms with Gasteiger partial charge in [-0.15, -0.1) is 6.58 Å². The highest BCUT2D eigenvalue weighted by Crippen LogP contribution is 2.42. The predicted octanol–water partition coefficient (Wildman–Crippen LogP) is 4.33. The van der Waals surface area contributed by atoms with Gasteiger partial charge in [0.2, 0.25) is 0 Å². The van der Waals surface area contributed by atoms with E-state index in [1.165, 1.54) is 6.92 Å². The van der Waals surface area contributed by atoms with E-state index in [1.54, 1.807) is 6.08 Å². The average Bonchev–Trinajstić information content (AvgIpc) is 3.11. The minimum atomic E-state index is -3.16. The molecule has 0 saturated carbocycles. The van der Waals surface area contributed by atoms with Gasteiger partial charge in [0.25, 0.3) is 8.32 Å². The van der Waals surface area contributed by atoms with Gasteiger partial charge in [-0.3, -0.25) is 4.79 Å². The number of benzene rings is 2. The summed E-state index contributed by atoms with van der Waals surface area (Å²) in [6.45, 7) is 13.2. The van der Waals surface area contributed by atoms with Gasteiger partial charge in [-0.2, -0.15) is 0 Å². The Morgan fingerprint density at radius 2 is 1.65 bits per heavy atom. The first-order valence-corrected chi connectivity index (χ1v) is 13.9. The van der Waals surface area contributed by atoms with Crippen LogP contribution in [0, 0.1) is 0 Å². The molecule has 6 heteroatoms. The normalized spacial score (nSPS) is 21.1. The summed E-state index contributed by atoms with van der Waals surface area (Å²) >= 11 is 0. The van der Waals surface area contributed by atoms with E-state index in [0.717, 1.165) is 10.4 Å². The molecule has 5 nitrogen and oxygen atoms in total. The Morgan fingerprint density at radius 3 is 2.12 bits per heavy atom. The van der Waals surface area contributed by atoms with Crippen molar-refractivity contribution in [3.63, 3.8) is 0 Å². The van der Waals surface area contributed by atoms with E-state index in [-0.39, 0.29) is 12.1 Å². The van der Waals surface area contributed by atoms with Gasteiger partial charge in [-0.25, -0.2) is 0 Å². The molecular weight excluding hydrogens is 444 g/mol. The summed E-state index contributed by atoms with van der Waals surface area (Å²) in [5.41, 5.74) is 0. The van der Waals surface area contributed by atoms with Crippen LogP contribution in [0.4, 0.5) is 0 Å². The average molecular weight is 483 g/mol. The summed E-state index contributed by atoms with van der Waals surface area (Å²) < 4.78 is 18.1. The second kappa shape index (κ2) is 10.6. The summed E-state index contributed by atoms with van der Waals surface area (Å²) in [5.74, 6) is -1.12. The van der Waals surface area contributed by atoms with Crippen LogP contribution in [0.2, 0.25) is 5.04 Å². The van der Waals surface area contributed by atoms with Gasteiger partial charge in [0.15, 0.2) is 5.79 Å². The molecule has 2 aromatic carbocycles. The highest BCUT2D eigenvalue weighted by atomic mass is 28.4. The Morgan fingerprint density at radius 1 is 1.12 bits per heavy atom. The molecule has 1 saturated heterocycles. The number of esters is 1. The van der Waals surface area contributed by atoms with Gasteiger partial charge < -0.3 is 19.0 Å². The van der Waals surface area contributed by atoms with Gasteiger partial charge in [-0.05, 0) is 48.5 Å². The zero-order valence-corrected chi connectivity index (χ0v) is 22.0. The van der Waals surface area contributed by atoms with E-state index in [2.05, 4.69) is 20.4 Å². The van der Waals surface area contributed by atoms with Crippen LogP contribution in [0.3, 0.4) is 0 Å². The van der Waals surface area contributed by atoms with Crippen molar-refractivity contribution in [3.8, 4) is 0 Å². The Labute approximate surface area is 204 Å². The van der Waals surface area contributed by atoms with Crippen LogP contribution in [0.5, 0.6) is 0 Å². The number of rotatable bonds is 10. The molecule has 1 N–H and O–H groups in total. The number of hydrogen-bond donors (Lipinski definition) is 1. The molecule has 1 fully saturated rings. The molecule has 184 valence electrons. The molecule has 0 amide bonds. The lowest BCUT2D eigenvalue weighted by atomic mass is 9.97. The first-order valence-electron chi connectivity index (χ1n) is 12.0. The Bertz CT molecular complexity index is 918. The summed E-state index contributed by atoms with van der Waals surface area (Å²) in [4.78, 5) is 24.4. The fourth-order valence-corrected chi connectivity index (χ4v) is 8.77. The van der Waals surface area contributed by atoms with Crippen molar-refractivity contribution in [2.45, 2.75) is 83.0 Å². The topological polar surface area (TPSA) is 65.0 Å². The van der Waals surface area contributed by atoms with Gasteiger partial charge in [0.1, 0.15) is 12.2 Å². The minimum Gasteiger partial charge on any atom is -0.460 e. The third-order valence-corrected chi connectivity index (χ3v) is 11.3. The quantitative estimate of drug-likeness (QED) is 0.310. The summed E-state index contributed by atoms with van der Waals surface area (Å²) in [6.07, 6.45) is 2.43. The van der Waals surface area contributed by atoms with Crippen molar-refractivity contribution in [1.29, 1.82) is 0 Å². The lowest BCUT2D eigenvalue weighted by molar-refractivity contribution is -0.170. The number of carbonyl (C=O) groups is 1. The first-order chi connectivity index (χ1) is 16.0. The lowest BCUT2D eigenvalue weighted by Gasteiger charge is -2.42. The van der Waals surface area contributed by atoms with E-state index < -0.39 is 31.4 Å². The van der Waals surface area contributed by atoms with Crippen molar-refractivity contribution in [2.24, 2.45) is 0 Å². The molecule has 0 aromatic heterocycles. The molecule has 3 atom stereocenters. The third-order valence-electron chi connectivity index (χ3n) is 6.72. The molecule has 34 heavy (non-hydrogen) atoms. The van der Waals surface area contributed by atoms with Crippen LogP contribution in [0.1, 0.15) is 53.9 Å². The summed E-state index contributed by atoms with van der Waals surface area (Å²) in [6, 6.07) is 19.9. The number of ether oxygens (including phenoxy) is 3. The standard InChI is InChI=1S/C28H38O5Si/c1-7-14-25-26(33-28(5,6)32-25)24(31-21(2)29)19-20-27(3,4)34(30,22-15-10-8-11-16-22)23-17-12-9-13-18-23/h7-13,15-18,24-26,30H,1,14,19-20H2,2-6H3/t24-,25+,26-/m1/s1. The van der Waals surface area contributed by atoms with Crippen molar-refractivity contribution < 1.29 is 23.8 Å². The van der Waals surface area contributed by atoms with Crippen LogP contribution in [0.25, 0.3) is 0 Å². The fraction of sp³-hybridized carbons (Fsp3) is 0.464. The van der Waals surface area contributed by atoms with E-state index in [0.29, 0.717) is 19.3 Å². The molecule has 0 spiro atoms. The maximum Gasteiger partial charge on any atom is 0.302 e. The van der Waals surface area contributed by atoms with Crippen LogP contribution in [0.15, 0.2) is 73.3 Å². The van der Waals surface area contributed by atoms with Gasteiger partial charge >= 0.3 is 5.97 Å². The van der Waals surface area contributed by atoms with Crippen molar-refractivity contribution in [1.82, 2.24) is 0 Å². The molecular formula is C28H38O5Si. The zero-order valence-electron chi connectivity index (χ0n) is 21.0. The maximum absolute atomic E-state index is 12.4. The third kappa shape index (κ3) is 5.69. The molecule has 1 aliphatic rings. The van der Waals surface area contributed by atoms with Crippen LogP contribution >= 0.6 is 0 Å². The van der Waals surface area contributed by atoms with E-state index in [9.17, 15) is 9.59 Å². The molecule has 1 heterocycles. The predicted molar refractivity (Wildman–Crippen MR) is 138 cm³/mol. The van der Waals surface area contributed by atoms with Crippen LogP contribution in [-0.4, -0.2) is 43.2 Å². The minimum absolute atomic E-state index is 0.251. The van der Waals surface area contributed by atoms with Gasteiger partial charge in [0, 0.05) is 6.92 Å². The monoisotopic (exact) mass is 482 g/mol. The maximum atomic E-state index is 12.4. The SMILES string of the molecule is C=CC[C@@H]1OC(C)(C)O[C@@H]1[C@@H](CCC(C)(C)[Si](O)(c1ccccc1)c1ccccc1)OC(C)=O. The van der Waals surface area contributed by atoms with Crippen molar-refractivity contribution in [3.05, 3.63) is 73.3 Å². The molecule has 0 radical (unpaired) electrons. The fourth-order valence-electron chi connectivity index (χ4n) is 5.02. The van der Waals surface area contributed by atoms with Crippen LogP contribution < -0.4 is 10.4 Å². The van der Waals surface area contributed by atoms with E-state index in [1.807, 2.05) is 74.5 Å². The van der Waals surface area contributed by atoms with Gasteiger partial charge in [0.05, 0.1) is 6.10 Å². The molecule has 0 bridgehead atoms. The Balaban J connectivity index is 1.92. The van der Waals surface area contributed by atoms with Crippen LogP contribution in [-0.2, 0) is 19.0 Å². The van der Waals surface area contributed by atoms with Gasteiger partial charge in [-0.1, -0.05) is 80.6 Å². The molecule has 0 aliphatic carbocycles. The van der Waals surface area contributed by atoms with E-state index in [4.69, 9.17) is 14.2 Å². The van der Waals surface area contributed by atoms with E-state index >= 15 is 0 Å². The smallest absolute Gasteiger partial charge is 0.302 e. The second-order valence-corrected chi connectivity index (χ2v) is 14.1. The summed E-state index contributed by atoms with van der Waals surface area (Å²) in [5, 5.41) is 1.46. The Hall–Kier alpha value is -2.25. The molecule has 3 rings (SSSR count). The highest BCUT2D eigenvalue weighted by Gasteiger charge is 2.51.